The summed E-state index contributed by atoms with van der Waals surface area (Å²) in [6, 6.07) is 7.17. The van der Waals surface area contributed by atoms with E-state index in [0.29, 0.717) is 13.0 Å². The number of hydrogen-bond donors (Lipinski definition) is 1. The molecule has 0 saturated heterocycles. The van der Waals surface area contributed by atoms with Gasteiger partial charge in [0.05, 0.1) is 5.60 Å². The Morgan fingerprint density at radius 3 is 2.33 bits per heavy atom. The van der Waals surface area contributed by atoms with Crippen molar-refractivity contribution in [2.75, 3.05) is 13.2 Å². The van der Waals surface area contributed by atoms with Crippen LogP contribution in [0.3, 0.4) is 0 Å². The van der Waals surface area contributed by atoms with Gasteiger partial charge in [0.2, 0.25) is 0 Å². The maximum atomic E-state index is 14.0. The minimum Gasteiger partial charge on any atom is -0.374 e. The van der Waals surface area contributed by atoms with Crippen LogP contribution in [0.5, 0.6) is 0 Å². The Morgan fingerprint density at radius 1 is 1.14 bits per heavy atom. The molecule has 0 aliphatic rings. The molecule has 3 heteroatoms. The summed E-state index contributed by atoms with van der Waals surface area (Å²) in [5, 5.41) is 3.58. The molecular formula is C18H30FNO. The Balaban J connectivity index is 3.00. The third kappa shape index (κ3) is 4.79. The molecular weight excluding hydrogens is 265 g/mol. The second-order valence-electron chi connectivity index (χ2n) is 5.51. The van der Waals surface area contributed by atoms with Gasteiger partial charge in [-0.05, 0) is 50.8 Å². The first kappa shape index (κ1) is 18.1. The van der Waals surface area contributed by atoms with Gasteiger partial charge in [-0.25, -0.2) is 4.39 Å². The minimum absolute atomic E-state index is 0.126. The third-order valence-electron chi connectivity index (χ3n) is 4.29. The number of ether oxygens (including phenoxy) is 1. The molecule has 0 radical (unpaired) electrons. The second-order valence-corrected chi connectivity index (χ2v) is 5.51. The lowest BCUT2D eigenvalue weighted by molar-refractivity contribution is -0.0719. The topological polar surface area (TPSA) is 21.3 Å². The van der Waals surface area contributed by atoms with Gasteiger partial charge in [-0.1, -0.05) is 39.0 Å². The molecule has 21 heavy (non-hydrogen) atoms. The van der Waals surface area contributed by atoms with E-state index in [1.807, 2.05) is 19.1 Å². The van der Waals surface area contributed by atoms with E-state index in [1.54, 1.807) is 6.07 Å². The van der Waals surface area contributed by atoms with Crippen LogP contribution in [-0.4, -0.2) is 24.8 Å². The summed E-state index contributed by atoms with van der Waals surface area (Å²) < 4.78 is 20.1. The molecule has 0 bridgehead atoms. The molecule has 0 spiro atoms. The smallest absolute Gasteiger partial charge is 0.126 e. The lowest BCUT2D eigenvalue weighted by Crippen LogP contribution is -2.53. The van der Waals surface area contributed by atoms with Gasteiger partial charge in [0.1, 0.15) is 5.82 Å². The van der Waals surface area contributed by atoms with E-state index in [2.05, 4.69) is 26.1 Å². The van der Waals surface area contributed by atoms with Crippen LogP contribution in [0.25, 0.3) is 0 Å². The van der Waals surface area contributed by atoms with Crippen molar-refractivity contribution in [3.63, 3.8) is 0 Å². The Bertz CT molecular complexity index is 404. The molecule has 120 valence electrons. The van der Waals surface area contributed by atoms with Crippen LogP contribution in [0.2, 0.25) is 0 Å². The average Bonchev–Trinajstić information content (AvgIpc) is 2.51. The summed E-state index contributed by atoms with van der Waals surface area (Å²) in [5.41, 5.74) is 0.531. The molecule has 1 N–H and O–H groups in total. The highest BCUT2D eigenvalue weighted by molar-refractivity contribution is 5.19. The SMILES string of the molecule is CCCNC(Cc1ccccc1F)C(CC)(CC)OCC. The summed E-state index contributed by atoms with van der Waals surface area (Å²) in [4.78, 5) is 0. The minimum atomic E-state index is -0.230. The highest BCUT2D eigenvalue weighted by atomic mass is 19.1. The van der Waals surface area contributed by atoms with E-state index in [0.717, 1.165) is 31.4 Å². The van der Waals surface area contributed by atoms with E-state index >= 15 is 0 Å². The molecule has 0 amide bonds. The summed E-state index contributed by atoms with van der Waals surface area (Å²) in [6.07, 6.45) is 3.57. The molecule has 1 aromatic carbocycles. The van der Waals surface area contributed by atoms with Crippen LogP contribution in [0.15, 0.2) is 24.3 Å². The van der Waals surface area contributed by atoms with Crippen molar-refractivity contribution in [1.82, 2.24) is 5.32 Å². The fourth-order valence-corrected chi connectivity index (χ4v) is 2.98. The predicted molar refractivity (Wildman–Crippen MR) is 87.1 cm³/mol. The van der Waals surface area contributed by atoms with Crippen LogP contribution in [0.4, 0.5) is 4.39 Å². The zero-order valence-electron chi connectivity index (χ0n) is 13.9. The Hall–Kier alpha value is -0.930. The molecule has 0 saturated carbocycles. The normalized spacial score (nSPS) is 13.4. The van der Waals surface area contributed by atoms with Crippen LogP contribution in [0.1, 0.15) is 52.5 Å². The average molecular weight is 295 g/mol. The van der Waals surface area contributed by atoms with E-state index in [-0.39, 0.29) is 17.5 Å². The first-order valence-electron chi connectivity index (χ1n) is 8.24. The first-order chi connectivity index (χ1) is 10.1. The number of hydrogen-bond acceptors (Lipinski definition) is 2. The molecule has 0 heterocycles. The summed E-state index contributed by atoms with van der Waals surface area (Å²) in [5.74, 6) is -0.126. The van der Waals surface area contributed by atoms with Gasteiger partial charge in [0.15, 0.2) is 0 Å². The van der Waals surface area contributed by atoms with Crippen molar-refractivity contribution in [3.05, 3.63) is 35.6 Å². The van der Waals surface area contributed by atoms with E-state index in [4.69, 9.17) is 4.74 Å². The molecule has 1 unspecified atom stereocenters. The van der Waals surface area contributed by atoms with Crippen LogP contribution < -0.4 is 5.32 Å². The zero-order chi connectivity index (χ0) is 15.7. The van der Waals surface area contributed by atoms with Gasteiger partial charge in [-0.3, -0.25) is 0 Å². The predicted octanol–water partition coefficient (Wildman–Crippen LogP) is 4.33. The number of nitrogens with one attached hydrogen (secondary N) is 1. The highest BCUT2D eigenvalue weighted by Crippen LogP contribution is 2.28. The quantitative estimate of drug-likeness (QED) is 0.693. The largest absolute Gasteiger partial charge is 0.374 e. The van der Waals surface area contributed by atoms with Crippen molar-refractivity contribution in [2.45, 2.75) is 65.0 Å². The van der Waals surface area contributed by atoms with Crippen molar-refractivity contribution in [1.29, 1.82) is 0 Å². The van der Waals surface area contributed by atoms with Gasteiger partial charge in [-0.2, -0.15) is 0 Å². The number of benzene rings is 1. The van der Waals surface area contributed by atoms with Gasteiger partial charge in [-0.15, -0.1) is 0 Å². The lowest BCUT2D eigenvalue weighted by Gasteiger charge is -2.40. The molecule has 0 aromatic heterocycles. The fourth-order valence-electron chi connectivity index (χ4n) is 2.98. The van der Waals surface area contributed by atoms with E-state index < -0.39 is 0 Å². The first-order valence-corrected chi connectivity index (χ1v) is 8.24. The van der Waals surface area contributed by atoms with Crippen molar-refractivity contribution in [3.8, 4) is 0 Å². The van der Waals surface area contributed by atoms with Crippen LogP contribution >= 0.6 is 0 Å². The lowest BCUT2D eigenvalue weighted by atomic mass is 9.84. The van der Waals surface area contributed by atoms with Gasteiger partial charge in [0, 0.05) is 12.6 Å². The van der Waals surface area contributed by atoms with Crippen molar-refractivity contribution in [2.24, 2.45) is 0 Å². The van der Waals surface area contributed by atoms with E-state index in [1.165, 1.54) is 6.07 Å². The van der Waals surface area contributed by atoms with Crippen LogP contribution in [0, 0.1) is 5.82 Å². The number of rotatable bonds is 10. The third-order valence-corrected chi connectivity index (χ3v) is 4.29. The zero-order valence-corrected chi connectivity index (χ0v) is 13.9. The van der Waals surface area contributed by atoms with Gasteiger partial charge < -0.3 is 10.1 Å². The summed E-state index contributed by atoms with van der Waals surface area (Å²) in [6.45, 7) is 10.1. The fraction of sp³-hybridized carbons (Fsp3) is 0.667. The van der Waals surface area contributed by atoms with Crippen LogP contribution in [-0.2, 0) is 11.2 Å². The summed E-state index contributed by atoms with van der Waals surface area (Å²) >= 11 is 0. The standard InChI is InChI=1S/C18H30FNO/c1-5-13-20-17(18(6-2,7-3)21-8-4)14-15-11-9-10-12-16(15)19/h9-12,17,20H,5-8,13-14H2,1-4H3. The van der Waals surface area contributed by atoms with Crippen molar-refractivity contribution < 1.29 is 9.13 Å². The molecule has 0 aliphatic heterocycles. The van der Waals surface area contributed by atoms with Gasteiger partial charge >= 0.3 is 0 Å². The van der Waals surface area contributed by atoms with Gasteiger partial charge in [0.25, 0.3) is 0 Å². The Labute approximate surface area is 129 Å². The van der Waals surface area contributed by atoms with Crippen molar-refractivity contribution >= 4 is 0 Å². The van der Waals surface area contributed by atoms with E-state index in [9.17, 15) is 4.39 Å². The molecule has 0 fully saturated rings. The summed E-state index contributed by atoms with van der Waals surface area (Å²) in [7, 11) is 0. The molecule has 1 atom stereocenters. The monoisotopic (exact) mass is 295 g/mol. The molecule has 0 aliphatic carbocycles. The molecule has 2 nitrogen and oxygen atoms in total. The Kier molecular flexibility index (Phi) is 7.91. The number of halogens is 1. The maximum Gasteiger partial charge on any atom is 0.126 e. The highest BCUT2D eigenvalue weighted by Gasteiger charge is 2.36. The Morgan fingerprint density at radius 2 is 1.81 bits per heavy atom. The molecule has 1 aromatic rings. The maximum absolute atomic E-state index is 14.0. The second kappa shape index (κ2) is 9.16. The molecule has 1 rings (SSSR count).